The van der Waals surface area contributed by atoms with Gasteiger partial charge in [-0.25, -0.2) is 0 Å². The van der Waals surface area contributed by atoms with E-state index in [1.54, 1.807) is 24.3 Å². The molecule has 1 N–H and O–H groups in total. The topological polar surface area (TPSA) is 58.9 Å². The lowest BCUT2D eigenvalue weighted by Crippen LogP contribution is -2.21. The van der Waals surface area contributed by atoms with Crippen LogP contribution >= 0.6 is 11.6 Å². The number of oxime groups is 1. The lowest BCUT2D eigenvalue weighted by atomic mass is 10.1. The molecule has 0 bridgehead atoms. The van der Waals surface area contributed by atoms with Crippen molar-refractivity contribution in [3.8, 4) is 0 Å². The van der Waals surface area contributed by atoms with Gasteiger partial charge in [-0.15, -0.1) is 0 Å². The molecule has 0 aliphatic heterocycles. The van der Waals surface area contributed by atoms with Crippen LogP contribution in [0.15, 0.2) is 35.5 Å². The molecule has 80 valence electrons. The predicted molar refractivity (Wildman–Crippen MR) is 56.2 cm³/mol. The summed E-state index contributed by atoms with van der Waals surface area (Å²) in [6.45, 7) is 1.23. The number of carbonyl (C=O) groups is 1. The van der Waals surface area contributed by atoms with E-state index in [-0.39, 0.29) is 5.71 Å². The number of ether oxygens (including phenoxy) is 1. The Morgan fingerprint density at radius 1 is 1.47 bits per heavy atom. The summed E-state index contributed by atoms with van der Waals surface area (Å²) < 4.78 is 4.69. The molecule has 0 aliphatic rings. The molecule has 0 saturated heterocycles. The van der Waals surface area contributed by atoms with Gasteiger partial charge < -0.3 is 9.94 Å². The molecule has 0 spiro atoms. The Bertz CT molecular complexity index is 364. The van der Waals surface area contributed by atoms with Gasteiger partial charge in [-0.2, -0.15) is 0 Å². The van der Waals surface area contributed by atoms with Crippen molar-refractivity contribution in [2.45, 2.75) is 12.5 Å². The van der Waals surface area contributed by atoms with Gasteiger partial charge in [0.05, 0.1) is 0 Å². The maximum Gasteiger partial charge on any atom is 0.304 e. The van der Waals surface area contributed by atoms with E-state index in [2.05, 4.69) is 5.16 Å². The summed E-state index contributed by atoms with van der Waals surface area (Å²) in [5.74, 6) is -0.535. The molecule has 0 amide bonds. The number of esters is 1. The van der Waals surface area contributed by atoms with Crippen LogP contribution in [-0.4, -0.2) is 22.5 Å². The minimum absolute atomic E-state index is 0.104. The summed E-state index contributed by atoms with van der Waals surface area (Å²) in [6, 6.07) is 8.74. The first-order chi connectivity index (χ1) is 7.15. The molecular formula is C10H10ClNO3. The number of rotatable bonds is 3. The quantitative estimate of drug-likeness (QED) is 0.282. The van der Waals surface area contributed by atoms with Crippen molar-refractivity contribution < 1.29 is 14.7 Å². The van der Waals surface area contributed by atoms with Crippen LogP contribution in [0.5, 0.6) is 0 Å². The average Bonchev–Trinajstić information content (AvgIpc) is 2.19. The van der Waals surface area contributed by atoms with Gasteiger partial charge in [-0.3, -0.25) is 4.79 Å². The van der Waals surface area contributed by atoms with E-state index in [9.17, 15) is 4.79 Å². The maximum atomic E-state index is 10.7. The van der Waals surface area contributed by atoms with Crippen molar-refractivity contribution in [1.82, 2.24) is 0 Å². The van der Waals surface area contributed by atoms with E-state index in [4.69, 9.17) is 21.5 Å². The van der Waals surface area contributed by atoms with Crippen LogP contribution in [-0.2, 0) is 9.53 Å². The highest BCUT2D eigenvalue weighted by atomic mass is 35.5. The molecule has 1 rings (SSSR count). The fourth-order valence-electron chi connectivity index (χ4n) is 1.04. The van der Waals surface area contributed by atoms with Crippen LogP contribution in [0.4, 0.5) is 0 Å². The Kier molecular flexibility index (Phi) is 4.12. The Labute approximate surface area is 92.1 Å². The number of carbonyl (C=O) groups excluding carboxylic acids is 1. The first kappa shape index (κ1) is 11.5. The molecule has 1 unspecified atom stereocenters. The van der Waals surface area contributed by atoms with Crippen LogP contribution in [0.25, 0.3) is 0 Å². The largest absolute Gasteiger partial charge is 0.440 e. The second-order valence-electron chi connectivity index (χ2n) is 2.78. The van der Waals surface area contributed by atoms with Gasteiger partial charge in [0.15, 0.2) is 0 Å². The van der Waals surface area contributed by atoms with Crippen LogP contribution in [0, 0.1) is 0 Å². The first-order valence-corrected chi connectivity index (χ1v) is 4.67. The standard InChI is InChI=1S/C10H10ClNO3/c1-7(13)15-10(11)9(12-14)8-5-3-2-4-6-8/h2-6,10,14H,1H3/b12-9+. The lowest BCUT2D eigenvalue weighted by molar-refractivity contribution is -0.140. The monoisotopic (exact) mass is 227 g/mol. The van der Waals surface area contributed by atoms with Crippen molar-refractivity contribution in [2.24, 2.45) is 5.16 Å². The minimum atomic E-state index is -1.09. The van der Waals surface area contributed by atoms with Gasteiger partial charge in [0.1, 0.15) is 5.71 Å². The average molecular weight is 228 g/mol. The molecule has 0 fully saturated rings. The van der Waals surface area contributed by atoms with Crippen molar-refractivity contribution >= 4 is 23.3 Å². The highest BCUT2D eigenvalue weighted by molar-refractivity contribution is 6.34. The summed E-state index contributed by atoms with van der Waals surface area (Å²) in [7, 11) is 0. The fourth-order valence-corrected chi connectivity index (χ4v) is 1.34. The molecule has 1 aromatic carbocycles. The van der Waals surface area contributed by atoms with E-state index in [1.165, 1.54) is 6.92 Å². The zero-order valence-corrected chi connectivity index (χ0v) is 8.81. The highest BCUT2D eigenvalue weighted by Gasteiger charge is 2.18. The predicted octanol–water partition coefficient (Wildman–Crippen LogP) is 1.99. The third kappa shape index (κ3) is 3.25. The van der Waals surface area contributed by atoms with Gasteiger partial charge in [-0.1, -0.05) is 47.1 Å². The van der Waals surface area contributed by atoms with Gasteiger partial charge in [0.2, 0.25) is 5.56 Å². The number of alkyl halides is 1. The van der Waals surface area contributed by atoms with Crippen LogP contribution in [0.1, 0.15) is 12.5 Å². The molecule has 1 atom stereocenters. The molecule has 5 heteroatoms. The van der Waals surface area contributed by atoms with Crippen LogP contribution in [0.2, 0.25) is 0 Å². The summed E-state index contributed by atoms with van der Waals surface area (Å²) in [4.78, 5) is 10.7. The Balaban J connectivity index is 2.86. The summed E-state index contributed by atoms with van der Waals surface area (Å²) in [6.07, 6.45) is 0. The molecule has 0 aliphatic carbocycles. The summed E-state index contributed by atoms with van der Waals surface area (Å²) >= 11 is 5.74. The number of nitrogens with zero attached hydrogens (tertiary/aromatic N) is 1. The molecule has 0 saturated carbocycles. The van der Waals surface area contributed by atoms with Crippen LogP contribution < -0.4 is 0 Å². The smallest absolute Gasteiger partial charge is 0.304 e. The minimum Gasteiger partial charge on any atom is -0.440 e. The molecular weight excluding hydrogens is 218 g/mol. The van der Waals surface area contributed by atoms with Crippen molar-refractivity contribution in [3.63, 3.8) is 0 Å². The van der Waals surface area contributed by atoms with E-state index in [0.29, 0.717) is 5.56 Å². The second kappa shape index (κ2) is 5.36. The summed E-state index contributed by atoms with van der Waals surface area (Å²) in [5.41, 5.74) is -0.386. The Morgan fingerprint density at radius 3 is 2.53 bits per heavy atom. The Hall–Kier alpha value is -1.55. The van der Waals surface area contributed by atoms with E-state index < -0.39 is 11.5 Å². The third-order valence-electron chi connectivity index (χ3n) is 1.66. The van der Waals surface area contributed by atoms with E-state index in [0.717, 1.165) is 0 Å². The van der Waals surface area contributed by atoms with Crippen LogP contribution in [0.3, 0.4) is 0 Å². The maximum absolute atomic E-state index is 10.7. The van der Waals surface area contributed by atoms with Crippen molar-refractivity contribution in [2.75, 3.05) is 0 Å². The van der Waals surface area contributed by atoms with Gasteiger partial charge in [-0.05, 0) is 0 Å². The Morgan fingerprint density at radius 2 is 2.07 bits per heavy atom. The zero-order valence-electron chi connectivity index (χ0n) is 8.05. The molecule has 0 radical (unpaired) electrons. The lowest BCUT2D eigenvalue weighted by Gasteiger charge is -2.11. The summed E-state index contributed by atoms with van der Waals surface area (Å²) in [5, 5.41) is 11.8. The van der Waals surface area contributed by atoms with Gasteiger partial charge >= 0.3 is 5.97 Å². The molecule has 1 aromatic rings. The third-order valence-corrected chi connectivity index (χ3v) is 1.96. The van der Waals surface area contributed by atoms with Gasteiger partial charge in [0.25, 0.3) is 0 Å². The SMILES string of the molecule is CC(=O)OC(Cl)/C(=N/O)c1ccccc1. The molecule has 0 heterocycles. The molecule has 4 nitrogen and oxygen atoms in total. The normalized spacial score (nSPS) is 13.3. The van der Waals surface area contributed by atoms with Gasteiger partial charge in [0, 0.05) is 12.5 Å². The van der Waals surface area contributed by atoms with E-state index in [1.807, 2.05) is 6.07 Å². The number of benzene rings is 1. The fraction of sp³-hybridized carbons (Fsp3) is 0.200. The van der Waals surface area contributed by atoms with Crippen molar-refractivity contribution in [1.29, 1.82) is 0 Å². The number of hydrogen-bond donors (Lipinski definition) is 1. The highest BCUT2D eigenvalue weighted by Crippen LogP contribution is 2.11. The number of hydrogen-bond acceptors (Lipinski definition) is 4. The molecule has 15 heavy (non-hydrogen) atoms. The number of halogens is 1. The zero-order chi connectivity index (χ0) is 11.3. The molecule has 0 aromatic heterocycles. The second-order valence-corrected chi connectivity index (χ2v) is 3.17. The van der Waals surface area contributed by atoms with E-state index >= 15 is 0 Å². The first-order valence-electron chi connectivity index (χ1n) is 4.24. The van der Waals surface area contributed by atoms with Crippen molar-refractivity contribution in [3.05, 3.63) is 35.9 Å².